The first-order chi connectivity index (χ1) is 16.7. The number of nitrogens with two attached hydrogens (primary N) is 1. The number of amides is 4. The topological polar surface area (TPSA) is 125 Å². The highest BCUT2D eigenvalue weighted by atomic mass is 35.5. The molecule has 9 nitrogen and oxygen atoms in total. The first-order valence-corrected chi connectivity index (χ1v) is 12.9. The average molecular weight is 524 g/mol. The number of hydrogen-bond donors (Lipinski definition) is 3. The smallest absolute Gasteiger partial charge is 0.238 e. The van der Waals surface area contributed by atoms with E-state index in [1.165, 1.54) is 0 Å². The van der Waals surface area contributed by atoms with E-state index in [9.17, 15) is 19.2 Å². The van der Waals surface area contributed by atoms with Crippen LogP contribution in [-0.4, -0.2) is 71.2 Å². The molecule has 4 N–H and O–H groups in total. The molecule has 0 radical (unpaired) electrons. The molecule has 2 heterocycles. The number of rotatable bonds is 6. The lowest BCUT2D eigenvalue weighted by atomic mass is 9.85. The predicted octanol–water partition coefficient (Wildman–Crippen LogP) is 2.16. The molecule has 11 heteroatoms. The van der Waals surface area contributed by atoms with E-state index in [1.807, 2.05) is 4.90 Å². The number of likely N-dealkylation sites (tertiary alicyclic amines) is 1. The number of nitrogens with zero attached hydrogens (tertiary/aromatic N) is 2. The van der Waals surface area contributed by atoms with Crippen LogP contribution in [0, 0.1) is 5.92 Å². The molecule has 1 aromatic carbocycles. The van der Waals surface area contributed by atoms with Gasteiger partial charge in [0, 0.05) is 46.8 Å². The van der Waals surface area contributed by atoms with Gasteiger partial charge in [0.05, 0.1) is 19.0 Å². The summed E-state index contributed by atoms with van der Waals surface area (Å²) in [6, 6.07) is 3.93. The van der Waals surface area contributed by atoms with Gasteiger partial charge in [-0.25, -0.2) is 0 Å². The molecule has 3 atom stereocenters. The normalized spacial score (nSPS) is 25.5. The molecule has 1 saturated carbocycles. The van der Waals surface area contributed by atoms with Crippen LogP contribution in [0.15, 0.2) is 18.2 Å². The molecule has 0 bridgehead atoms. The van der Waals surface area contributed by atoms with Crippen LogP contribution in [0.3, 0.4) is 0 Å². The fraction of sp³-hybridized carbons (Fsp3) is 0.583. The molecule has 3 fully saturated rings. The quantitative estimate of drug-likeness (QED) is 0.526. The van der Waals surface area contributed by atoms with Crippen molar-refractivity contribution >= 4 is 52.5 Å². The third kappa shape index (κ3) is 6.26. The molecule has 4 amide bonds. The Labute approximate surface area is 214 Å². The van der Waals surface area contributed by atoms with Gasteiger partial charge in [-0.3, -0.25) is 24.1 Å². The van der Waals surface area contributed by atoms with E-state index in [4.69, 9.17) is 28.9 Å². The molecular weight excluding hydrogens is 493 g/mol. The first kappa shape index (κ1) is 25.7. The van der Waals surface area contributed by atoms with Crippen molar-refractivity contribution in [3.05, 3.63) is 28.2 Å². The first-order valence-electron chi connectivity index (χ1n) is 12.1. The van der Waals surface area contributed by atoms with Gasteiger partial charge in [0.15, 0.2) is 0 Å². The summed E-state index contributed by atoms with van der Waals surface area (Å²) in [6.45, 7) is 0.971. The Morgan fingerprint density at radius 1 is 1.03 bits per heavy atom. The van der Waals surface area contributed by atoms with Crippen molar-refractivity contribution in [3.63, 3.8) is 0 Å². The van der Waals surface area contributed by atoms with Gasteiger partial charge < -0.3 is 21.3 Å². The van der Waals surface area contributed by atoms with E-state index in [0.29, 0.717) is 41.7 Å². The van der Waals surface area contributed by atoms with E-state index in [0.717, 1.165) is 25.7 Å². The molecule has 190 valence electrons. The maximum absolute atomic E-state index is 13.2. The SMILES string of the molecule is NC(=O)C1CCN(C(=O)CN2C(CC(=O)Nc3cc(Cl)cc(Cl)c3)C(=O)NC3CCCCC32)CC1. The third-order valence-electron chi connectivity index (χ3n) is 7.28. The molecule has 0 spiro atoms. The number of benzene rings is 1. The maximum Gasteiger partial charge on any atom is 0.238 e. The number of carbonyl (C=O) groups excluding carboxylic acids is 4. The van der Waals surface area contributed by atoms with Crippen LogP contribution in [0.25, 0.3) is 0 Å². The maximum atomic E-state index is 13.2. The zero-order valence-corrected chi connectivity index (χ0v) is 21.0. The summed E-state index contributed by atoms with van der Waals surface area (Å²) in [7, 11) is 0. The number of piperazine rings is 1. The average Bonchev–Trinajstić information content (AvgIpc) is 2.80. The standard InChI is InChI=1S/C24H31Cl2N5O4/c25-15-9-16(26)11-17(10-15)28-21(32)12-20-24(35)29-18-3-1-2-4-19(18)31(20)13-22(33)30-7-5-14(6-8-30)23(27)34/h9-11,14,18-20H,1-8,12-13H2,(H2,27,34)(H,28,32)(H,29,35). The second-order valence-electron chi connectivity index (χ2n) is 9.62. The Balaban J connectivity index is 1.47. The molecule has 3 unspecified atom stereocenters. The van der Waals surface area contributed by atoms with Crippen LogP contribution in [0.2, 0.25) is 10.0 Å². The van der Waals surface area contributed by atoms with Crippen molar-refractivity contribution in [3.8, 4) is 0 Å². The minimum Gasteiger partial charge on any atom is -0.369 e. The molecule has 2 saturated heterocycles. The fourth-order valence-corrected chi connectivity index (χ4v) is 5.98. The lowest BCUT2D eigenvalue weighted by Gasteiger charge is -2.48. The number of fused-ring (bicyclic) bond motifs is 1. The van der Waals surface area contributed by atoms with Gasteiger partial charge >= 0.3 is 0 Å². The van der Waals surface area contributed by atoms with Crippen LogP contribution < -0.4 is 16.4 Å². The summed E-state index contributed by atoms with van der Waals surface area (Å²) in [5.41, 5.74) is 5.86. The monoisotopic (exact) mass is 523 g/mol. The van der Waals surface area contributed by atoms with E-state index in [-0.39, 0.29) is 54.6 Å². The van der Waals surface area contributed by atoms with Crippen molar-refractivity contribution in [2.45, 2.75) is 63.1 Å². The van der Waals surface area contributed by atoms with Crippen molar-refractivity contribution in [2.75, 3.05) is 25.0 Å². The summed E-state index contributed by atoms with van der Waals surface area (Å²) >= 11 is 12.1. The summed E-state index contributed by atoms with van der Waals surface area (Å²) in [4.78, 5) is 54.3. The second-order valence-corrected chi connectivity index (χ2v) is 10.5. The number of nitrogens with one attached hydrogen (secondary N) is 2. The number of halogens is 2. The Morgan fingerprint density at radius 3 is 2.34 bits per heavy atom. The third-order valence-corrected chi connectivity index (χ3v) is 7.72. The Hall–Kier alpha value is -2.36. The number of carbonyl (C=O) groups is 4. The second kappa shape index (κ2) is 11.1. The number of hydrogen-bond acceptors (Lipinski definition) is 5. The van der Waals surface area contributed by atoms with Crippen molar-refractivity contribution in [1.82, 2.24) is 15.1 Å². The highest BCUT2D eigenvalue weighted by Crippen LogP contribution is 2.30. The minimum absolute atomic E-state index is 0.00743. The molecule has 35 heavy (non-hydrogen) atoms. The van der Waals surface area contributed by atoms with Crippen molar-refractivity contribution in [1.29, 1.82) is 0 Å². The van der Waals surface area contributed by atoms with E-state index < -0.39 is 6.04 Å². The van der Waals surface area contributed by atoms with Crippen LogP contribution >= 0.6 is 23.2 Å². The highest BCUT2D eigenvalue weighted by Gasteiger charge is 2.44. The van der Waals surface area contributed by atoms with E-state index >= 15 is 0 Å². The van der Waals surface area contributed by atoms with Crippen LogP contribution in [0.5, 0.6) is 0 Å². The van der Waals surface area contributed by atoms with Crippen LogP contribution in [0.4, 0.5) is 5.69 Å². The van der Waals surface area contributed by atoms with Crippen LogP contribution in [0.1, 0.15) is 44.9 Å². The van der Waals surface area contributed by atoms with Crippen molar-refractivity contribution < 1.29 is 19.2 Å². The van der Waals surface area contributed by atoms with Crippen LogP contribution in [-0.2, 0) is 19.2 Å². The van der Waals surface area contributed by atoms with Gasteiger partial charge in [0.25, 0.3) is 0 Å². The minimum atomic E-state index is -0.767. The summed E-state index contributed by atoms with van der Waals surface area (Å²) < 4.78 is 0. The molecule has 2 aliphatic heterocycles. The highest BCUT2D eigenvalue weighted by molar-refractivity contribution is 6.35. The molecule has 1 aromatic rings. The largest absolute Gasteiger partial charge is 0.369 e. The Kier molecular flexibility index (Phi) is 8.19. The zero-order chi connectivity index (χ0) is 25.1. The van der Waals surface area contributed by atoms with Gasteiger partial charge in [-0.2, -0.15) is 0 Å². The lowest BCUT2D eigenvalue weighted by molar-refractivity contribution is -0.145. The number of primary amides is 1. The van der Waals surface area contributed by atoms with Gasteiger partial charge in [-0.1, -0.05) is 36.0 Å². The fourth-order valence-electron chi connectivity index (χ4n) is 5.46. The lowest BCUT2D eigenvalue weighted by Crippen LogP contribution is -2.68. The molecule has 0 aromatic heterocycles. The van der Waals surface area contributed by atoms with Crippen molar-refractivity contribution in [2.24, 2.45) is 11.7 Å². The van der Waals surface area contributed by atoms with Gasteiger partial charge in [-0.15, -0.1) is 0 Å². The number of piperidine rings is 1. The molecular formula is C24H31Cl2N5O4. The summed E-state index contributed by atoms with van der Waals surface area (Å²) in [5, 5.41) is 6.62. The predicted molar refractivity (Wildman–Crippen MR) is 133 cm³/mol. The molecule has 4 rings (SSSR count). The van der Waals surface area contributed by atoms with Gasteiger partial charge in [0.2, 0.25) is 23.6 Å². The van der Waals surface area contributed by atoms with E-state index in [2.05, 4.69) is 10.6 Å². The zero-order valence-electron chi connectivity index (χ0n) is 19.5. The Morgan fingerprint density at radius 2 is 1.69 bits per heavy atom. The van der Waals surface area contributed by atoms with Gasteiger partial charge in [0.1, 0.15) is 0 Å². The van der Waals surface area contributed by atoms with Gasteiger partial charge in [-0.05, 0) is 43.9 Å². The summed E-state index contributed by atoms with van der Waals surface area (Å²) in [5.74, 6) is -1.25. The number of anilines is 1. The Bertz CT molecular complexity index is 978. The van der Waals surface area contributed by atoms with E-state index in [1.54, 1.807) is 23.1 Å². The molecule has 3 aliphatic rings. The summed E-state index contributed by atoms with van der Waals surface area (Å²) in [6.07, 6.45) is 4.71. The molecule has 1 aliphatic carbocycles.